The van der Waals surface area contributed by atoms with E-state index in [4.69, 9.17) is 10.8 Å². The van der Waals surface area contributed by atoms with Crippen LogP contribution < -0.4 is 5.73 Å². The van der Waals surface area contributed by atoms with Gasteiger partial charge in [-0.25, -0.2) is 0 Å². The number of nitrogens with two attached hydrogens (primary N) is 1. The topological polar surface area (TPSA) is 63.3 Å². The van der Waals surface area contributed by atoms with Crippen LogP contribution in [0.2, 0.25) is 0 Å². The van der Waals surface area contributed by atoms with Crippen molar-refractivity contribution in [2.45, 2.75) is 26.3 Å². The van der Waals surface area contributed by atoms with Crippen molar-refractivity contribution in [2.75, 3.05) is 0 Å². The molecule has 4 heteroatoms. The average molecular weight is 179 g/mol. The molecule has 3 N–H and O–H groups in total. The normalized spacial score (nSPS) is 15.1. The molecular weight excluding hydrogens is 166 g/mol. The first kappa shape index (κ1) is 12.8. The minimum Gasteiger partial charge on any atom is -0.480 e. The third kappa shape index (κ3) is 4.04. The first-order valence-corrected chi connectivity index (χ1v) is 3.08. The molecule has 0 amide bonds. The summed E-state index contributed by atoms with van der Waals surface area (Å²) in [4.78, 5) is 10.2. The maximum atomic E-state index is 10.2. The average Bonchev–Trinajstić information content (AvgIpc) is 1.84. The van der Waals surface area contributed by atoms with Crippen LogP contribution in [0.15, 0.2) is 0 Å². The van der Waals surface area contributed by atoms with Gasteiger partial charge in [-0.05, 0) is 5.92 Å². The first-order chi connectivity index (χ1) is 4.09. The van der Waals surface area contributed by atoms with E-state index in [-0.39, 0.29) is 27.6 Å². The predicted molar refractivity (Wildman–Crippen MR) is 35.1 cm³/mol. The Morgan fingerprint density at radius 2 is 2.10 bits per heavy atom. The molecule has 0 aromatic heterocycles. The second kappa shape index (κ2) is 5.89. The molecule has 0 aromatic carbocycles. The third-order valence-electron chi connectivity index (χ3n) is 1.54. The fourth-order valence-electron chi connectivity index (χ4n) is 0.497. The minimum absolute atomic E-state index is 0. The Hall–Kier alpha value is 0.144. The first-order valence-electron chi connectivity index (χ1n) is 3.08. The van der Waals surface area contributed by atoms with Gasteiger partial charge in [-0.15, -0.1) is 0 Å². The molecule has 2 unspecified atom stereocenters. The second-order valence-corrected chi connectivity index (χ2v) is 2.25. The van der Waals surface area contributed by atoms with Crippen LogP contribution in [0.1, 0.15) is 20.3 Å². The molecule has 10 heavy (non-hydrogen) atoms. The van der Waals surface area contributed by atoms with Gasteiger partial charge in [-0.3, -0.25) is 4.79 Å². The van der Waals surface area contributed by atoms with E-state index in [0.717, 1.165) is 6.42 Å². The zero-order chi connectivity index (χ0) is 7.44. The van der Waals surface area contributed by atoms with Gasteiger partial charge in [0, 0.05) is 21.7 Å². The molecule has 0 saturated carbocycles. The molecule has 0 aliphatic heterocycles. The van der Waals surface area contributed by atoms with Gasteiger partial charge in [0.05, 0.1) is 0 Å². The van der Waals surface area contributed by atoms with Crippen molar-refractivity contribution in [3.63, 3.8) is 0 Å². The van der Waals surface area contributed by atoms with E-state index in [1.807, 2.05) is 13.8 Å². The summed E-state index contributed by atoms with van der Waals surface area (Å²) in [6.07, 6.45) is 0.813. The fraction of sp³-hybridized carbons (Fsp3) is 0.833. The van der Waals surface area contributed by atoms with Gasteiger partial charge in [-0.2, -0.15) is 0 Å². The summed E-state index contributed by atoms with van der Waals surface area (Å²) in [5.41, 5.74) is 5.27. The maximum absolute atomic E-state index is 10.2. The molecule has 58 valence electrons. The number of hydrogen-bond acceptors (Lipinski definition) is 2. The maximum Gasteiger partial charge on any atom is 0.320 e. The van der Waals surface area contributed by atoms with Gasteiger partial charge in [0.2, 0.25) is 0 Å². The zero-order valence-corrected chi connectivity index (χ0v) is 7.86. The fourth-order valence-corrected chi connectivity index (χ4v) is 0.497. The molecule has 0 rings (SSSR count). The van der Waals surface area contributed by atoms with Crippen LogP contribution in [0.25, 0.3) is 0 Å². The minimum atomic E-state index is -0.913. The Balaban J connectivity index is 0. The molecule has 3 nitrogen and oxygen atoms in total. The standard InChI is InChI=1S/C6H13NO2.Ti/c1-3-4(2)5(7)6(8)9;/h4-5H,3,7H2,1-2H3,(H,8,9);. The summed E-state index contributed by atoms with van der Waals surface area (Å²) in [5, 5.41) is 8.36. The summed E-state index contributed by atoms with van der Waals surface area (Å²) in [7, 11) is 0. The Morgan fingerprint density at radius 3 is 2.20 bits per heavy atom. The SMILES string of the molecule is CCC(C)C(N)C(=O)O.[Ti]. The van der Waals surface area contributed by atoms with E-state index in [0.29, 0.717) is 0 Å². The van der Waals surface area contributed by atoms with Crippen molar-refractivity contribution < 1.29 is 31.6 Å². The summed E-state index contributed by atoms with van der Waals surface area (Å²) in [6.45, 7) is 3.76. The molecule has 0 fully saturated rings. The van der Waals surface area contributed by atoms with Gasteiger partial charge >= 0.3 is 5.97 Å². The van der Waals surface area contributed by atoms with Crippen molar-refractivity contribution in [1.82, 2.24) is 0 Å². The summed E-state index contributed by atoms with van der Waals surface area (Å²) >= 11 is 0. The van der Waals surface area contributed by atoms with Gasteiger partial charge in [0.15, 0.2) is 0 Å². The van der Waals surface area contributed by atoms with Crippen LogP contribution >= 0.6 is 0 Å². The van der Waals surface area contributed by atoms with Crippen LogP contribution in [0, 0.1) is 5.92 Å². The number of hydrogen-bond donors (Lipinski definition) is 2. The van der Waals surface area contributed by atoms with Crippen LogP contribution in [-0.2, 0) is 26.5 Å². The van der Waals surface area contributed by atoms with Crippen molar-refractivity contribution in [2.24, 2.45) is 11.7 Å². The second-order valence-electron chi connectivity index (χ2n) is 2.25. The molecule has 2 atom stereocenters. The molecule has 0 aliphatic rings. The summed E-state index contributed by atoms with van der Waals surface area (Å²) < 4.78 is 0. The van der Waals surface area contributed by atoms with E-state index >= 15 is 0 Å². The van der Waals surface area contributed by atoms with E-state index in [2.05, 4.69) is 0 Å². The Kier molecular flexibility index (Phi) is 7.54. The largest absolute Gasteiger partial charge is 0.480 e. The molecule has 0 saturated heterocycles. The summed E-state index contributed by atoms with van der Waals surface area (Å²) in [5.74, 6) is -0.841. The zero-order valence-electron chi connectivity index (χ0n) is 6.29. The van der Waals surface area contributed by atoms with Gasteiger partial charge in [0.25, 0.3) is 0 Å². The molecule has 0 heterocycles. The quantitative estimate of drug-likeness (QED) is 0.618. The molecule has 0 aromatic rings. The van der Waals surface area contributed by atoms with Gasteiger partial charge in [0.1, 0.15) is 6.04 Å². The van der Waals surface area contributed by atoms with Gasteiger partial charge in [-0.1, -0.05) is 20.3 Å². The Bertz CT molecular complexity index is 108. The Labute approximate surface area is 75.9 Å². The van der Waals surface area contributed by atoms with E-state index < -0.39 is 12.0 Å². The van der Waals surface area contributed by atoms with Crippen molar-refractivity contribution in [3.8, 4) is 0 Å². The van der Waals surface area contributed by atoms with Crippen LogP contribution in [0.5, 0.6) is 0 Å². The van der Waals surface area contributed by atoms with Crippen molar-refractivity contribution in [1.29, 1.82) is 0 Å². The van der Waals surface area contributed by atoms with Crippen molar-refractivity contribution >= 4 is 5.97 Å². The number of carboxylic acids is 1. The molecule has 0 bridgehead atoms. The van der Waals surface area contributed by atoms with Crippen LogP contribution in [-0.4, -0.2) is 17.1 Å². The smallest absolute Gasteiger partial charge is 0.320 e. The number of rotatable bonds is 3. The molecule has 0 radical (unpaired) electrons. The third-order valence-corrected chi connectivity index (χ3v) is 1.54. The van der Waals surface area contributed by atoms with Crippen LogP contribution in [0.3, 0.4) is 0 Å². The summed E-state index contributed by atoms with van der Waals surface area (Å²) in [6, 6.07) is -0.699. The predicted octanol–water partition coefficient (Wildman–Crippen LogP) is 0.442. The number of carboxylic acid groups (broad SMARTS) is 1. The van der Waals surface area contributed by atoms with Crippen LogP contribution in [0.4, 0.5) is 0 Å². The number of aliphatic carboxylic acids is 1. The van der Waals surface area contributed by atoms with E-state index in [9.17, 15) is 4.79 Å². The van der Waals surface area contributed by atoms with E-state index in [1.54, 1.807) is 0 Å². The molecule has 0 spiro atoms. The van der Waals surface area contributed by atoms with Crippen molar-refractivity contribution in [3.05, 3.63) is 0 Å². The van der Waals surface area contributed by atoms with E-state index in [1.165, 1.54) is 0 Å². The van der Waals surface area contributed by atoms with Gasteiger partial charge < -0.3 is 10.8 Å². The Morgan fingerprint density at radius 1 is 1.70 bits per heavy atom. The molecule has 0 aliphatic carbocycles. The number of carbonyl (C=O) groups is 1. The molecular formula is C6H13NO2Ti. The monoisotopic (exact) mass is 179 g/mol.